The minimum absolute atomic E-state index is 0. The Labute approximate surface area is 167 Å². The molecule has 0 fully saturated rings. The number of nitrogens with one attached hydrogen (secondary N) is 3. The first-order valence-corrected chi connectivity index (χ1v) is 8.65. The van der Waals surface area contributed by atoms with Crippen LogP contribution in [0.1, 0.15) is 26.1 Å². The average molecular weight is 459 g/mol. The van der Waals surface area contributed by atoms with Crippen molar-refractivity contribution in [3.8, 4) is 0 Å². The number of hydrogen-bond acceptors (Lipinski definition) is 3. The van der Waals surface area contributed by atoms with E-state index in [0.717, 1.165) is 62.0 Å². The van der Waals surface area contributed by atoms with Gasteiger partial charge in [-0.05, 0) is 24.5 Å². The third-order valence-corrected chi connectivity index (χ3v) is 3.53. The molecule has 7 heteroatoms. The van der Waals surface area contributed by atoms with E-state index >= 15 is 0 Å². The van der Waals surface area contributed by atoms with Gasteiger partial charge in [-0.3, -0.25) is 4.99 Å². The van der Waals surface area contributed by atoms with Gasteiger partial charge in [0.2, 0.25) is 0 Å². The lowest BCUT2D eigenvalue weighted by atomic mass is 10.2. The number of ether oxygens (including phenoxy) is 1. The third-order valence-electron chi connectivity index (χ3n) is 3.53. The largest absolute Gasteiger partial charge is 0.381 e. The fourth-order valence-electron chi connectivity index (χ4n) is 2.34. The SMILES string of the molecule is CN=C(NCCCOCC(C)C)NCCc1nc2ccccc2[nH]1.I. The monoisotopic (exact) mass is 459 g/mol. The number of halogens is 1. The van der Waals surface area contributed by atoms with Crippen molar-refractivity contribution in [2.45, 2.75) is 26.7 Å². The van der Waals surface area contributed by atoms with Crippen molar-refractivity contribution in [2.24, 2.45) is 10.9 Å². The van der Waals surface area contributed by atoms with E-state index in [9.17, 15) is 0 Å². The van der Waals surface area contributed by atoms with Gasteiger partial charge in [0.15, 0.2) is 5.96 Å². The molecule has 6 nitrogen and oxygen atoms in total. The highest BCUT2D eigenvalue weighted by Crippen LogP contribution is 2.10. The summed E-state index contributed by atoms with van der Waals surface area (Å²) < 4.78 is 5.57. The average Bonchev–Trinajstić information content (AvgIpc) is 2.98. The molecule has 0 amide bonds. The highest BCUT2D eigenvalue weighted by molar-refractivity contribution is 14.0. The molecule has 0 unspecified atom stereocenters. The maximum Gasteiger partial charge on any atom is 0.190 e. The first kappa shape index (κ1) is 21.7. The third kappa shape index (κ3) is 8.04. The predicted molar refractivity (Wildman–Crippen MR) is 115 cm³/mol. The molecular formula is C18H30IN5O. The molecule has 0 aliphatic heterocycles. The Morgan fingerprint density at radius 2 is 2.00 bits per heavy atom. The molecule has 3 N–H and O–H groups in total. The van der Waals surface area contributed by atoms with Gasteiger partial charge < -0.3 is 20.4 Å². The zero-order chi connectivity index (χ0) is 17.2. The molecule has 140 valence electrons. The van der Waals surface area contributed by atoms with E-state index in [-0.39, 0.29) is 24.0 Å². The maximum atomic E-state index is 5.57. The van der Waals surface area contributed by atoms with Crippen LogP contribution >= 0.6 is 24.0 Å². The Morgan fingerprint density at radius 3 is 2.72 bits per heavy atom. The summed E-state index contributed by atoms with van der Waals surface area (Å²) in [6.07, 6.45) is 1.80. The van der Waals surface area contributed by atoms with E-state index in [1.165, 1.54) is 0 Å². The fraction of sp³-hybridized carbons (Fsp3) is 0.556. The number of aliphatic imine (C=N–C) groups is 1. The number of nitrogens with zero attached hydrogens (tertiary/aromatic N) is 2. The second kappa shape index (κ2) is 12.1. The van der Waals surface area contributed by atoms with Gasteiger partial charge in [0.05, 0.1) is 11.0 Å². The van der Waals surface area contributed by atoms with Crippen LogP contribution in [0.15, 0.2) is 29.3 Å². The minimum atomic E-state index is 0. The highest BCUT2D eigenvalue weighted by Gasteiger charge is 2.03. The number of rotatable bonds is 9. The molecule has 0 aliphatic carbocycles. The van der Waals surface area contributed by atoms with Gasteiger partial charge >= 0.3 is 0 Å². The molecule has 1 heterocycles. The molecule has 0 spiro atoms. The first-order valence-electron chi connectivity index (χ1n) is 8.65. The summed E-state index contributed by atoms with van der Waals surface area (Å²) >= 11 is 0. The highest BCUT2D eigenvalue weighted by atomic mass is 127. The summed E-state index contributed by atoms with van der Waals surface area (Å²) in [5, 5.41) is 6.61. The molecule has 2 rings (SSSR count). The van der Waals surface area contributed by atoms with E-state index in [4.69, 9.17) is 4.74 Å². The maximum absolute atomic E-state index is 5.57. The topological polar surface area (TPSA) is 74.3 Å². The van der Waals surface area contributed by atoms with Crippen LogP contribution < -0.4 is 10.6 Å². The van der Waals surface area contributed by atoms with Crippen LogP contribution in [0.25, 0.3) is 11.0 Å². The van der Waals surface area contributed by atoms with Crippen molar-refractivity contribution in [3.05, 3.63) is 30.1 Å². The second-order valence-electron chi connectivity index (χ2n) is 6.20. The van der Waals surface area contributed by atoms with Gasteiger partial charge in [0, 0.05) is 39.8 Å². The number of benzene rings is 1. The summed E-state index contributed by atoms with van der Waals surface area (Å²) in [5.74, 6) is 2.39. The number of aromatic amines is 1. The van der Waals surface area contributed by atoms with Crippen LogP contribution in [-0.4, -0.2) is 49.3 Å². The summed E-state index contributed by atoms with van der Waals surface area (Å²) in [6, 6.07) is 8.08. The van der Waals surface area contributed by atoms with E-state index in [2.05, 4.69) is 39.4 Å². The van der Waals surface area contributed by atoms with Crippen molar-refractivity contribution in [1.82, 2.24) is 20.6 Å². The molecule has 25 heavy (non-hydrogen) atoms. The first-order chi connectivity index (χ1) is 11.7. The van der Waals surface area contributed by atoms with Crippen molar-refractivity contribution in [1.29, 1.82) is 0 Å². The fourth-order valence-corrected chi connectivity index (χ4v) is 2.34. The molecule has 0 aliphatic rings. The molecule has 0 radical (unpaired) electrons. The van der Waals surface area contributed by atoms with Crippen molar-refractivity contribution >= 4 is 41.0 Å². The van der Waals surface area contributed by atoms with E-state index < -0.39 is 0 Å². The lowest BCUT2D eigenvalue weighted by Gasteiger charge is -2.12. The van der Waals surface area contributed by atoms with Crippen LogP contribution in [-0.2, 0) is 11.2 Å². The second-order valence-corrected chi connectivity index (χ2v) is 6.20. The van der Waals surface area contributed by atoms with Crippen molar-refractivity contribution < 1.29 is 4.74 Å². The van der Waals surface area contributed by atoms with E-state index in [0.29, 0.717) is 5.92 Å². The molecule has 0 saturated carbocycles. The molecule has 1 aromatic heterocycles. The van der Waals surface area contributed by atoms with Gasteiger partial charge in [-0.15, -0.1) is 24.0 Å². The summed E-state index contributed by atoms with van der Waals surface area (Å²) in [5.41, 5.74) is 2.09. The standard InChI is InChI=1S/C18H29N5O.HI/c1-14(2)13-24-12-6-10-20-18(19-3)21-11-9-17-22-15-7-4-5-8-16(15)23-17;/h4-5,7-8,14H,6,9-13H2,1-3H3,(H,22,23)(H2,19,20,21);1H. The quantitative estimate of drug-likeness (QED) is 0.233. The van der Waals surface area contributed by atoms with Crippen LogP contribution in [0, 0.1) is 5.92 Å². The van der Waals surface area contributed by atoms with Crippen molar-refractivity contribution in [3.63, 3.8) is 0 Å². The zero-order valence-electron chi connectivity index (χ0n) is 15.3. The van der Waals surface area contributed by atoms with Crippen LogP contribution in [0.2, 0.25) is 0 Å². The number of aromatic nitrogens is 2. The van der Waals surface area contributed by atoms with E-state index in [1.54, 1.807) is 7.05 Å². The van der Waals surface area contributed by atoms with Gasteiger partial charge in [-0.25, -0.2) is 4.98 Å². The summed E-state index contributed by atoms with van der Waals surface area (Å²) in [7, 11) is 1.78. The molecule has 0 atom stereocenters. The Hall–Kier alpha value is -1.35. The normalized spacial score (nSPS) is 11.6. The van der Waals surface area contributed by atoms with E-state index in [1.807, 2.05) is 24.3 Å². The van der Waals surface area contributed by atoms with Gasteiger partial charge in [0.1, 0.15) is 5.82 Å². The Kier molecular flexibility index (Phi) is 10.5. The molecule has 1 aromatic carbocycles. The Morgan fingerprint density at radius 1 is 1.24 bits per heavy atom. The number of fused-ring (bicyclic) bond motifs is 1. The van der Waals surface area contributed by atoms with Gasteiger partial charge in [-0.2, -0.15) is 0 Å². The molecule has 0 bridgehead atoms. The van der Waals surface area contributed by atoms with Crippen LogP contribution in [0.3, 0.4) is 0 Å². The number of guanidine groups is 1. The number of hydrogen-bond donors (Lipinski definition) is 3. The molecular weight excluding hydrogens is 429 g/mol. The Bertz CT molecular complexity index is 608. The lowest BCUT2D eigenvalue weighted by Crippen LogP contribution is -2.39. The Balaban J connectivity index is 0.00000312. The predicted octanol–water partition coefficient (Wildman–Crippen LogP) is 2.95. The van der Waals surface area contributed by atoms with Gasteiger partial charge in [0.25, 0.3) is 0 Å². The molecule has 2 aromatic rings. The van der Waals surface area contributed by atoms with Crippen LogP contribution in [0.5, 0.6) is 0 Å². The number of para-hydroxylation sites is 2. The number of H-pyrrole nitrogens is 1. The summed E-state index contributed by atoms with van der Waals surface area (Å²) in [4.78, 5) is 12.1. The molecule has 0 saturated heterocycles. The summed E-state index contributed by atoms with van der Waals surface area (Å²) in [6.45, 7) is 7.55. The lowest BCUT2D eigenvalue weighted by molar-refractivity contribution is 0.108. The zero-order valence-corrected chi connectivity index (χ0v) is 17.7. The van der Waals surface area contributed by atoms with Gasteiger partial charge in [-0.1, -0.05) is 26.0 Å². The minimum Gasteiger partial charge on any atom is -0.381 e. The van der Waals surface area contributed by atoms with Crippen LogP contribution in [0.4, 0.5) is 0 Å². The smallest absolute Gasteiger partial charge is 0.190 e. The number of imidazole rings is 1. The van der Waals surface area contributed by atoms with Crippen molar-refractivity contribution in [2.75, 3.05) is 33.4 Å².